The van der Waals surface area contributed by atoms with Crippen molar-refractivity contribution in [1.82, 2.24) is 14.8 Å². The summed E-state index contributed by atoms with van der Waals surface area (Å²) < 4.78 is 45.7. The van der Waals surface area contributed by atoms with Crippen LogP contribution in [0.4, 0.5) is 13.2 Å². The van der Waals surface area contributed by atoms with Crippen molar-refractivity contribution >= 4 is 12.5 Å². The monoisotopic (exact) mass is 384 g/mol. The van der Waals surface area contributed by atoms with Gasteiger partial charge in [-0.3, -0.25) is 0 Å². The number of aldehydes is 1. The molecule has 2 heterocycles. The van der Waals surface area contributed by atoms with E-state index >= 15 is 0 Å². The predicted octanol–water partition coefficient (Wildman–Crippen LogP) is 3.69. The number of hydrogen-bond donors (Lipinski definition) is 0. The third-order valence-electron chi connectivity index (χ3n) is 5.33. The van der Waals surface area contributed by atoms with Gasteiger partial charge in [-0.25, -0.2) is 4.99 Å². The molecule has 0 N–H and O–H groups in total. The smallest absolute Gasteiger partial charge is 0.395 e. The molecule has 6 nitrogen and oxygen atoms in total. The van der Waals surface area contributed by atoms with Crippen LogP contribution in [0.3, 0.4) is 0 Å². The Bertz CT molecular complexity index is 719. The fraction of sp³-hybridized carbons (Fsp3) is 0.667. The summed E-state index contributed by atoms with van der Waals surface area (Å²) >= 11 is 0. The van der Waals surface area contributed by atoms with E-state index in [9.17, 15) is 18.0 Å². The number of allylic oxidation sites excluding steroid dienone is 1. The van der Waals surface area contributed by atoms with Gasteiger partial charge in [-0.2, -0.15) is 13.2 Å². The number of aromatic nitrogens is 3. The first-order chi connectivity index (χ1) is 12.9. The van der Waals surface area contributed by atoms with Crippen LogP contribution in [0.1, 0.15) is 56.1 Å². The largest absolute Gasteiger partial charge is 0.470 e. The summed E-state index contributed by atoms with van der Waals surface area (Å²) in [5, 5.41) is 8.38. The van der Waals surface area contributed by atoms with Crippen LogP contribution >= 0.6 is 0 Å². The maximum atomic E-state index is 12.8. The van der Waals surface area contributed by atoms with Crippen molar-refractivity contribution in [2.45, 2.75) is 57.2 Å². The molecule has 1 unspecified atom stereocenters. The second kappa shape index (κ2) is 8.22. The SMILES string of the molecule is Cn1c(COC2=CC(C(F)(F)F)CC=N2)nnc1[C@H]1CC[C@H](CC=O)CC1. The molecule has 1 aliphatic carbocycles. The molecular formula is C18H23F3N4O2. The molecule has 0 spiro atoms. The van der Waals surface area contributed by atoms with Crippen molar-refractivity contribution in [3.63, 3.8) is 0 Å². The number of nitrogens with zero attached hydrogens (tertiary/aromatic N) is 4. The number of rotatable bonds is 6. The maximum absolute atomic E-state index is 12.8. The third kappa shape index (κ3) is 4.75. The van der Waals surface area contributed by atoms with Gasteiger partial charge in [0.1, 0.15) is 18.7 Å². The third-order valence-corrected chi connectivity index (χ3v) is 5.33. The molecule has 1 aromatic rings. The van der Waals surface area contributed by atoms with Crippen LogP contribution in [-0.2, 0) is 23.2 Å². The highest BCUT2D eigenvalue weighted by Gasteiger charge is 2.39. The Balaban J connectivity index is 1.59. The van der Waals surface area contributed by atoms with Crippen molar-refractivity contribution < 1.29 is 22.7 Å². The van der Waals surface area contributed by atoms with Gasteiger partial charge in [0.15, 0.2) is 5.82 Å². The van der Waals surface area contributed by atoms with Gasteiger partial charge in [0.05, 0.1) is 5.92 Å². The van der Waals surface area contributed by atoms with E-state index in [0.29, 0.717) is 18.2 Å². The minimum Gasteiger partial charge on any atom is -0.470 e. The van der Waals surface area contributed by atoms with E-state index < -0.39 is 12.1 Å². The summed E-state index contributed by atoms with van der Waals surface area (Å²) in [7, 11) is 1.84. The Morgan fingerprint density at radius 2 is 2.00 bits per heavy atom. The van der Waals surface area contributed by atoms with E-state index in [1.807, 2.05) is 11.6 Å². The first kappa shape index (κ1) is 19.6. The fourth-order valence-electron chi connectivity index (χ4n) is 3.64. The molecule has 0 aromatic carbocycles. The molecule has 1 aromatic heterocycles. The zero-order valence-corrected chi connectivity index (χ0v) is 15.2. The van der Waals surface area contributed by atoms with Gasteiger partial charge < -0.3 is 14.1 Å². The van der Waals surface area contributed by atoms with Crippen molar-refractivity contribution in [3.05, 3.63) is 23.6 Å². The van der Waals surface area contributed by atoms with Crippen molar-refractivity contribution in [3.8, 4) is 0 Å². The molecule has 2 aliphatic rings. The summed E-state index contributed by atoms with van der Waals surface area (Å²) in [6.45, 7) is 0.0116. The van der Waals surface area contributed by atoms with Crippen LogP contribution in [0, 0.1) is 11.8 Å². The van der Waals surface area contributed by atoms with Gasteiger partial charge in [-0.1, -0.05) is 0 Å². The summed E-state index contributed by atoms with van der Waals surface area (Å²) in [5.41, 5.74) is 0. The highest BCUT2D eigenvalue weighted by Crippen LogP contribution is 2.36. The maximum Gasteiger partial charge on any atom is 0.395 e. The quantitative estimate of drug-likeness (QED) is 0.702. The Kier molecular flexibility index (Phi) is 5.96. The summed E-state index contributed by atoms with van der Waals surface area (Å²) in [6.07, 6.45) is 3.23. The van der Waals surface area contributed by atoms with Gasteiger partial charge in [0.2, 0.25) is 5.88 Å². The Labute approximate surface area is 155 Å². The summed E-state index contributed by atoms with van der Waals surface area (Å²) in [5.74, 6) is 0.523. The molecular weight excluding hydrogens is 361 g/mol. The standard InChI is InChI=1S/C18H23F3N4O2/c1-25-15(11-27-16-10-14(6-8-22-16)18(19,20)21)23-24-17(25)13-4-2-12(3-5-13)7-9-26/h8-10,12-14H,2-7,11H2,1H3/t12-,13-,14?. The molecule has 1 fully saturated rings. The molecule has 0 bridgehead atoms. The van der Waals surface area contributed by atoms with Crippen LogP contribution in [-0.4, -0.2) is 33.4 Å². The first-order valence-corrected chi connectivity index (χ1v) is 9.14. The molecule has 0 radical (unpaired) electrons. The van der Waals surface area contributed by atoms with Gasteiger partial charge >= 0.3 is 6.18 Å². The van der Waals surface area contributed by atoms with Crippen molar-refractivity contribution in [1.29, 1.82) is 0 Å². The number of ether oxygens (including phenoxy) is 1. The number of carbonyl (C=O) groups is 1. The van der Waals surface area contributed by atoms with Crippen LogP contribution in [0.25, 0.3) is 0 Å². The number of alkyl halides is 3. The Morgan fingerprint density at radius 1 is 1.26 bits per heavy atom. The van der Waals surface area contributed by atoms with Gasteiger partial charge in [-0.15, -0.1) is 10.2 Å². The first-order valence-electron chi connectivity index (χ1n) is 9.14. The Morgan fingerprint density at radius 3 is 2.67 bits per heavy atom. The average molecular weight is 384 g/mol. The molecule has 148 valence electrons. The van der Waals surface area contributed by atoms with E-state index in [2.05, 4.69) is 15.2 Å². The predicted molar refractivity (Wildman–Crippen MR) is 91.9 cm³/mol. The van der Waals surface area contributed by atoms with E-state index in [4.69, 9.17) is 4.74 Å². The lowest BCUT2D eigenvalue weighted by molar-refractivity contribution is -0.160. The van der Waals surface area contributed by atoms with Crippen molar-refractivity contribution in [2.24, 2.45) is 23.9 Å². The normalized spacial score (nSPS) is 25.9. The van der Waals surface area contributed by atoms with E-state index in [1.54, 1.807) is 0 Å². The highest BCUT2D eigenvalue weighted by molar-refractivity contribution is 5.61. The van der Waals surface area contributed by atoms with E-state index in [1.165, 1.54) is 6.21 Å². The van der Waals surface area contributed by atoms with Crippen LogP contribution in [0.2, 0.25) is 0 Å². The molecule has 27 heavy (non-hydrogen) atoms. The minimum atomic E-state index is -4.30. The summed E-state index contributed by atoms with van der Waals surface area (Å²) in [4.78, 5) is 14.5. The van der Waals surface area contributed by atoms with Gasteiger partial charge in [0.25, 0.3) is 0 Å². The fourth-order valence-corrected chi connectivity index (χ4v) is 3.64. The van der Waals surface area contributed by atoms with Gasteiger partial charge in [0, 0.05) is 25.6 Å². The highest BCUT2D eigenvalue weighted by atomic mass is 19.4. The topological polar surface area (TPSA) is 69.4 Å². The molecule has 9 heteroatoms. The molecule has 0 amide bonds. The van der Waals surface area contributed by atoms with Crippen LogP contribution < -0.4 is 0 Å². The molecule has 1 aliphatic heterocycles. The average Bonchev–Trinajstić information content (AvgIpc) is 3.01. The van der Waals surface area contributed by atoms with Gasteiger partial charge in [-0.05, 0) is 44.1 Å². The molecule has 1 saturated carbocycles. The number of hydrogen-bond acceptors (Lipinski definition) is 5. The van der Waals surface area contributed by atoms with E-state index in [-0.39, 0.29) is 24.8 Å². The molecule has 3 rings (SSSR count). The lowest BCUT2D eigenvalue weighted by Gasteiger charge is -2.26. The lowest BCUT2D eigenvalue weighted by atomic mass is 9.80. The van der Waals surface area contributed by atoms with E-state index in [0.717, 1.165) is 43.9 Å². The lowest BCUT2D eigenvalue weighted by Crippen LogP contribution is -2.23. The second-order valence-electron chi connectivity index (χ2n) is 7.14. The molecule has 1 atom stereocenters. The number of halogens is 3. The molecule has 0 saturated heterocycles. The second-order valence-corrected chi connectivity index (χ2v) is 7.14. The van der Waals surface area contributed by atoms with Crippen LogP contribution in [0.15, 0.2) is 17.0 Å². The minimum absolute atomic E-state index is 0.0116. The Hall–Kier alpha value is -2.19. The summed E-state index contributed by atoms with van der Waals surface area (Å²) in [6, 6.07) is 0. The van der Waals surface area contributed by atoms with Crippen LogP contribution in [0.5, 0.6) is 0 Å². The van der Waals surface area contributed by atoms with Crippen molar-refractivity contribution in [2.75, 3.05) is 0 Å². The zero-order chi connectivity index (χ0) is 19.4. The zero-order valence-electron chi connectivity index (χ0n) is 15.2. The number of carbonyl (C=O) groups excluding carboxylic acids is 1. The number of aliphatic imine (C=N–C) groups is 1.